The summed E-state index contributed by atoms with van der Waals surface area (Å²) in [5.74, 6) is -0.0746. The first-order valence-corrected chi connectivity index (χ1v) is 6.06. The van der Waals surface area contributed by atoms with E-state index in [1.807, 2.05) is 20.0 Å². The summed E-state index contributed by atoms with van der Waals surface area (Å²) in [6.45, 7) is 5.64. The number of fused-ring (bicyclic) bond motifs is 1. The lowest BCUT2D eigenvalue weighted by atomic mass is 10.2. The lowest BCUT2D eigenvalue weighted by Gasteiger charge is -2.04. The van der Waals surface area contributed by atoms with Gasteiger partial charge in [-0.25, -0.2) is 4.79 Å². The Balaban J connectivity index is 2.30. The highest BCUT2D eigenvalue weighted by Gasteiger charge is 2.11. The van der Waals surface area contributed by atoms with E-state index in [0.29, 0.717) is 18.2 Å². The molecule has 0 bridgehead atoms. The van der Waals surface area contributed by atoms with Gasteiger partial charge in [-0.1, -0.05) is 6.58 Å². The SMILES string of the molecule is C=C(C)COc1nn(C)c2ccc(OCC(=O)O)cc12. The summed E-state index contributed by atoms with van der Waals surface area (Å²) < 4.78 is 12.4. The summed E-state index contributed by atoms with van der Waals surface area (Å²) in [6, 6.07) is 5.24. The van der Waals surface area contributed by atoms with Crippen LogP contribution in [0.2, 0.25) is 0 Å². The van der Waals surface area contributed by atoms with Gasteiger partial charge in [0.05, 0.1) is 10.9 Å². The van der Waals surface area contributed by atoms with Gasteiger partial charge in [-0.2, -0.15) is 0 Å². The standard InChI is InChI=1S/C14H16N2O4/c1-9(2)7-20-14-11-6-10(19-8-13(17)18)4-5-12(11)16(3)15-14/h4-6H,1,7-8H2,2-3H3,(H,17,18). The zero-order valence-corrected chi connectivity index (χ0v) is 11.4. The lowest BCUT2D eigenvalue weighted by Crippen LogP contribution is -2.09. The second-order valence-corrected chi connectivity index (χ2v) is 4.54. The van der Waals surface area contributed by atoms with Crippen molar-refractivity contribution in [3.63, 3.8) is 0 Å². The van der Waals surface area contributed by atoms with Crippen LogP contribution in [-0.2, 0) is 11.8 Å². The molecule has 106 valence electrons. The van der Waals surface area contributed by atoms with Crippen LogP contribution in [0.5, 0.6) is 11.6 Å². The van der Waals surface area contributed by atoms with Crippen LogP contribution in [0.1, 0.15) is 6.92 Å². The highest BCUT2D eigenvalue weighted by molar-refractivity contribution is 5.86. The molecule has 0 radical (unpaired) electrons. The van der Waals surface area contributed by atoms with Crippen molar-refractivity contribution in [2.75, 3.05) is 13.2 Å². The zero-order chi connectivity index (χ0) is 14.7. The topological polar surface area (TPSA) is 73.6 Å². The molecule has 0 unspecified atom stereocenters. The third kappa shape index (κ3) is 3.09. The largest absolute Gasteiger partial charge is 0.482 e. The smallest absolute Gasteiger partial charge is 0.341 e. The van der Waals surface area contributed by atoms with E-state index in [1.165, 1.54) is 0 Å². The second-order valence-electron chi connectivity index (χ2n) is 4.54. The molecule has 2 rings (SSSR count). The minimum Gasteiger partial charge on any atom is -0.482 e. The van der Waals surface area contributed by atoms with Crippen LogP contribution in [-0.4, -0.2) is 34.1 Å². The minimum absolute atomic E-state index is 0.381. The molecular weight excluding hydrogens is 260 g/mol. The molecule has 6 heteroatoms. The fourth-order valence-corrected chi connectivity index (χ4v) is 1.75. The fraction of sp³-hybridized carbons (Fsp3) is 0.286. The van der Waals surface area contributed by atoms with Crippen molar-refractivity contribution in [3.8, 4) is 11.6 Å². The molecule has 0 atom stereocenters. The Morgan fingerprint density at radius 2 is 2.15 bits per heavy atom. The summed E-state index contributed by atoms with van der Waals surface area (Å²) in [6.07, 6.45) is 0. The van der Waals surface area contributed by atoms with Crippen molar-refractivity contribution in [2.45, 2.75) is 6.92 Å². The van der Waals surface area contributed by atoms with Crippen molar-refractivity contribution in [2.24, 2.45) is 7.05 Å². The number of carboxylic acids is 1. The number of carbonyl (C=O) groups is 1. The number of hydrogen-bond donors (Lipinski definition) is 1. The Hall–Kier alpha value is -2.50. The van der Waals surface area contributed by atoms with Crippen LogP contribution in [0.3, 0.4) is 0 Å². The van der Waals surface area contributed by atoms with Gasteiger partial charge in [0.25, 0.3) is 0 Å². The van der Waals surface area contributed by atoms with Crippen LogP contribution in [0.4, 0.5) is 0 Å². The minimum atomic E-state index is -1.02. The number of carboxylic acid groups (broad SMARTS) is 1. The summed E-state index contributed by atoms with van der Waals surface area (Å²) in [5, 5.41) is 13.7. The maximum atomic E-state index is 10.5. The number of aliphatic carboxylic acids is 1. The summed E-state index contributed by atoms with van der Waals surface area (Å²) in [5.41, 5.74) is 1.77. The average molecular weight is 276 g/mol. The molecule has 0 aliphatic heterocycles. The van der Waals surface area contributed by atoms with Crippen LogP contribution in [0.25, 0.3) is 10.9 Å². The molecular formula is C14H16N2O4. The van der Waals surface area contributed by atoms with E-state index in [1.54, 1.807) is 16.8 Å². The van der Waals surface area contributed by atoms with Crippen LogP contribution >= 0.6 is 0 Å². The quantitative estimate of drug-likeness (QED) is 0.817. The number of hydrogen-bond acceptors (Lipinski definition) is 4. The Bertz CT molecular complexity index is 660. The van der Waals surface area contributed by atoms with Gasteiger partial charge in [0.15, 0.2) is 6.61 Å². The predicted octanol–water partition coefficient (Wildman–Crippen LogP) is 1.99. The van der Waals surface area contributed by atoms with Crippen molar-refractivity contribution < 1.29 is 19.4 Å². The highest BCUT2D eigenvalue weighted by Crippen LogP contribution is 2.28. The molecule has 0 aliphatic carbocycles. The molecule has 2 aromatic rings. The fourth-order valence-electron chi connectivity index (χ4n) is 1.75. The Labute approximate surface area is 116 Å². The van der Waals surface area contributed by atoms with E-state index in [2.05, 4.69) is 11.7 Å². The third-order valence-corrected chi connectivity index (χ3v) is 2.61. The number of rotatable bonds is 6. The highest BCUT2D eigenvalue weighted by atomic mass is 16.5. The van der Waals surface area contributed by atoms with Crippen LogP contribution in [0.15, 0.2) is 30.4 Å². The number of ether oxygens (including phenoxy) is 2. The number of nitrogens with zero attached hydrogens (tertiary/aromatic N) is 2. The van der Waals surface area contributed by atoms with Gasteiger partial charge in [-0.15, -0.1) is 5.10 Å². The van der Waals surface area contributed by atoms with E-state index in [0.717, 1.165) is 16.5 Å². The first-order valence-electron chi connectivity index (χ1n) is 6.06. The number of aryl methyl sites for hydroxylation is 1. The van der Waals surface area contributed by atoms with Crippen LogP contribution in [0, 0.1) is 0 Å². The summed E-state index contributed by atoms with van der Waals surface area (Å²) in [7, 11) is 1.81. The first-order chi connectivity index (χ1) is 9.47. The molecule has 0 fully saturated rings. The van der Waals surface area contributed by atoms with E-state index in [9.17, 15) is 4.79 Å². The Kier molecular flexibility index (Phi) is 3.93. The molecule has 1 aromatic heterocycles. The lowest BCUT2D eigenvalue weighted by molar-refractivity contribution is -0.139. The summed E-state index contributed by atoms with van der Waals surface area (Å²) in [4.78, 5) is 10.5. The second kappa shape index (κ2) is 5.64. The number of aromatic nitrogens is 2. The van der Waals surface area contributed by atoms with Gasteiger partial charge in [-0.3, -0.25) is 4.68 Å². The monoisotopic (exact) mass is 276 g/mol. The molecule has 1 aromatic carbocycles. The number of benzene rings is 1. The third-order valence-electron chi connectivity index (χ3n) is 2.61. The molecule has 0 saturated carbocycles. The Morgan fingerprint density at radius 3 is 2.80 bits per heavy atom. The molecule has 6 nitrogen and oxygen atoms in total. The van der Waals surface area contributed by atoms with E-state index >= 15 is 0 Å². The first kappa shape index (κ1) is 13.9. The van der Waals surface area contributed by atoms with E-state index in [4.69, 9.17) is 14.6 Å². The van der Waals surface area contributed by atoms with E-state index in [-0.39, 0.29) is 6.61 Å². The molecule has 0 aliphatic rings. The maximum absolute atomic E-state index is 10.5. The van der Waals surface area contributed by atoms with Gasteiger partial charge in [0, 0.05) is 7.05 Å². The van der Waals surface area contributed by atoms with E-state index < -0.39 is 5.97 Å². The molecule has 0 saturated heterocycles. The van der Waals surface area contributed by atoms with Crippen LogP contribution < -0.4 is 9.47 Å². The van der Waals surface area contributed by atoms with Crippen molar-refractivity contribution in [1.82, 2.24) is 9.78 Å². The van der Waals surface area contributed by atoms with Gasteiger partial charge in [0.2, 0.25) is 5.88 Å². The molecule has 1 N–H and O–H groups in total. The molecule has 1 heterocycles. The van der Waals surface area contributed by atoms with Gasteiger partial charge in [-0.05, 0) is 30.7 Å². The van der Waals surface area contributed by atoms with Crippen molar-refractivity contribution in [1.29, 1.82) is 0 Å². The van der Waals surface area contributed by atoms with Gasteiger partial charge in [0.1, 0.15) is 12.4 Å². The van der Waals surface area contributed by atoms with Gasteiger partial charge >= 0.3 is 5.97 Å². The summed E-state index contributed by atoms with van der Waals surface area (Å²) >= 11 is 0. The van der Waals surface area contributed by atoms with Crippen molar-refractivity contribution >= 4 is 16.9 Å². The molecule has 0 spiro atoms. The normalized spacial score (nSPS) is 10.5. The maximum Gasteiger partial charge on any atom is 0.341 e. The molecule has 0 amide bonds. The van der Waals surface area contributed by atoms with Gasteiger partial charge < -0.3 is 14.6 Å². The molecule has 20 heavy (non-hydrogen) atoms. The average Bonchev–Trinajstić information content (AvgIpc) is 2.70. The predicted molar refractivity (Wildman–Crippen MR) is 74.2 cm³/mol. The zero-order valence-electron chi connectivity index (χ0n) is 11.4. The van der Waals surface area contributed by atoms with Crippen molar-refractivity contribution in [3.05, 3.63) is 30.4 Å². The Morgan fingerprint density at radius 1 is 1.40 bits per heavy atom.